The lowest BCUT2D eigenvalue weighted by Gasteiger charge is -2.13. The summed E-state index contributed by atoms with van der Waals surface area (Å²) < 4.78 is 0. The lowest BCUT2D eigenvalue weighted by molar-refractivity contribution is -0.163. The normalized spacial score (nSPS) is 10.8. The molecule has 1 aromatic carbocycles. The minimum Gasteiger partial charge on any atom is -0.274 e. The van der Waals surface area contributed by atoms with Gasteiger partial charge in [-0.25, -0.2) is 5.06 Å². The van der Waals surface area contributed by atoms with E-state index in [1.54, 1.807) is 18.2 Å². The first kappa shape index (κ1) is 15.3. The Labute approximate surface area is 119 Å². The average molecular weight is 301 g/mol. The van der Waals surface area contributed by atoms with Crippen molar-refractivity contribution in [3.05, 3.63) is 49.9 Å². The van der Waals surface area contributed by atoms with Gasteiger partial charge in [-0.2, -0.15) is 0 Å². The standard InChI is InChI=1S/C11H10Cl2N4O2/c1-17(19-2)11(18)10(15-16-14)6-7-3-4-8(12)9(13)5-7/h3-6H,1-2H3/b10-6-. The maximum absolute atomic E-state index is 11.8. The van der Waals surface area contributed by atoms with Gasteiger partial charge in [0.1, 0.15) is 5.70 Å². The summed E-state index contributed by atoms with van der Waals surface area (Å²) >= 11 is 11.6. The van der Waals surface area contributed by atoms with Gasteiger partial charge in [-0.15, -0.1) is 0 Å². The Bertz CT molecular complexity index is 568. The number of benzene rings is 1. The van der Waals surface area contributed by atoms with Crippen molar-refractivity contribution in [1.29, 1.82) is 0 Å². The molecule has 0 N–H and O–H groups in total. The minimum absolute atomic E-state index is 0.120. The molecule has 6 nitrogen and oxygen atoms in total. The van der Waals surface area contributed by atoms with Crippen molar-refractivity contribution < 1.29 is 9.63 Å². The monoisotopic (exact) mass is 300 g/mol. The van der Waals surface area contributed by atoms with E-state index >= 15 is 0 Å². The number of rotatable bonds is 4. The number of likely N-dealkylation sites (N-methyl/N-ethyl adjacent to an activating group) is 1. The van der Waals surface area contributed by atoms with E-state index < -0.39 is 5.91 Å². The zero-order chi connectivity index (χ0) is 14.4. The maximum atomic E-state index is 11.8. The molecule has 0 aliphatic carbocycles. The van der Waals surface area contributed by atoms with E-state index in [1.807, 2.05) is 0 Å². The molecule has 0 aliphatic heterocycles. The van der Waals surface area contributed by atoms with Crippen LogP contribution in [0.5, 0.6) is 0 Å². The second kappa shape index (κ2) is 7.01. The molecule has 0 heterocycles. The van der Waals surface area contributed by atoms with Crippen LogP contribution in [-0.4, -0.2) is 25.1 Å². The Morgan fingerprint density at radius 3 is 2.68 bits per heavy atom. The van der Waals surface area contributed by atoms with Crippen LogP contribution in [0.25, 0.3) is 16.5 Å². The molecule has 8 heteroatoms. The van der Waals surface area contributed by atoms with Crippen molar-refractivity contribution in [2.75, 3.05) is 14.2 Å². The number of azide groups is 1. The van der Waals surface area contributed by atoms with Crippen LogP contribution in [0.3, 0.4) is 0 Å². The van der Waals surface area contributed by atoms with Crippen molar-refractivity contribution in [2.45, 2.75) is 0 Å². The Hall–Kier alpha value is -1.72. The zero-order valence-corrected chi connectivity index (χ0v) is 11.7. The quantitative estimate of drug-likeness (QED) is 0.280. The van der Waals surface area contributed by atoms with Gasteiger partial charge in [0.05, 0.1) is 17.2 Å². The number of carbonyl (C=O) groups excluding carboxylic acids is 1. The lowest BCUT2D eigenvalue weighted by Crippen LogP contribution is -2.26. The van der Waals surface area contributed by atoms with Crippen molar-refractivity contribution in [3.63, 3.8) is 0 Å². The highest BCUT2D eigenvalue weighted by Crippen LogP contribution is 2.24. The van der Waals surface area contributed by atoms with Crippen LogP contribution in [0, 0.1) is 0 Å². The van der Waals surface area contributed by atoms with Crippen LogP contribution in [0.1, 0.15) is 5.56 Å². The Morgan fingerprint density at radius 1 is 1.47 bits per heavy atom. The first-order valence-electron chi connectivity index (χ1n) is 5.03. The van der Waals surface area contributed by atoms with Crippen LogP contribution in [0.15, 0.2) is 29.0 Å². The van der Waals surface area contributed by atoms with Crippen LogP contribution < -0.4 is 0 Å². The van der Waals surface area contributed by atoms with Crippen molar-refractivity contribution in [1.82, 2.24) is 5.06 Å². The zero-order valence-electron chi connectivity index (χ0n) is 10.2. The van der Waals surface area contributed by atoms with Crippen LogP contribution in [0.2, 0.25) is 10.0 Å². The molecule has 0 fully saturated rings. The predicted molar refractivity (Wildman–Crippen MR) is 73.4 cm³/mol. The topological polar surface area (TPSA) is 78.3 Å². The smallest absolute Gasteiger partial charge is 0.274 e. The number of hydrogen-bond donors (Lipinski definition) is 0. The third kappa shape index (κ3) is 4.15. The summed E-state index contributed by atoms with van der Waals surface area (Å²) in [6.45, 7) is 0. The summed E-state index contributed by atoms with van der Waals surface area (Å²) in [5.74, 6) is -0.577. The fourth-order valence-corrected chi connectivity index (χ4v) is 1.49. The molecule has 0 unspecified atom stereocenters. The molecule has 1 aromatic rings. The molecule has 0 radical (unpaired) electrons. The molecular formula is C11H10Cl2N4O2. The van der Waals surface area contributed by atoms with Crippen molar-refractivity contribution >= 4 is 35.2 Å². The van der Waals surface area contributed by atoms with Crippen LogP contribution in [-0.2, 0) is 9.63 Å². The lowest BCUT2D eigenvalue weighted by atomic mass is 10.2. The van der Waals surface area contributed by atoms with Gasteiger partial charge in [-0.05, 0) is 29.3 Å². The minimum atomic E-state index is -0.577. The first-order chi connectivity index (χ1) is 8.99. The van der Waals surface area contributed by atoms with Gasteiger partial charge < -0.3 is 0 Å². The van der Waals surface area contributed by atoms with Gasteiger partial charge in [-0.3, -0.25) is 9.63 Å². The number of nitrogens with zero attached hydrogens (tertiary/aromatic N) is 4. The summed E-state index contributed by atoms with van der Waals surface area (Å²) in [6.07, 6.45) is 1.39. The van der Waals surface area contributed by atoms with E-state index in [2.05, 4.69) is 10.0 Å². The van der Waals surface area contributed by atoms with Crippen molar-refractivity contribution in [2.24, 2.45) is 5.11 Å². The van der Waals surface area contributed by atoms with E-state index in [0.717, 1.165) is 5.06 Å². The van der Waals surface area contributed by atoms with Gasteiger partial charge >= 0.3 is 0 Å². The van der Waals surface area contributed by atoms with Crippen LogP contribution in [0.4, 0.5) is 0 Å². The molecular weight excluding hydrogens is 291 g/mol. The fourth-order valence-electron chi connectivity index (χ4n) is 1.19. The molecule has 0 bridgehead atoms. The van der Waals surface area contributed by atoms with Gasteiger partial charge in [0.15, 0.2) is 0 Å². The number of hydroxylamine groups is 2. The number of carbonyl (C=O) groups is 1. The van der Waals surface area contributed by atoms with Gasteiger partial charge in [0.2, 0.25) is 0 Å². The molecule has 1 amide bonds. The molecule has 1 rings (SSSR count). The van der Waals surface area contributed by atoms with Crippen LogP contribution >= 0.6 is 23.2 Å². The van der Waals surface area contributed by atoms with E-state index in [0.29, 0.717) is 15.6 Å². The molecule has 0 aliphatic rings. The summed E-state index contributed by atoms with van der Waals surface area (Å²) in [7, 11) is 2.72. The summed E-state index contributed by atoms with van der Waals surface area (Å²) in [4.78, 5) is 19.2. The molecule has 100 valence electrons. The molecule has 0 atom stereocenters. The number of halogens is 2. The first-order valence-corrected chi connectivity index (χ1v) is 5.79. The maximum Gasteiger partial charge on any atom is 0.279 e. The predicted octanol–water partition coefficient (Wildman–Crippen LogP) is 3.66. The summed E-state index contributed by atoms with van der Waals surface area (Å²) in [6, 6.07) is 4.77. The summed E-state index contributed by atoms with van der Waals surface area (Å²) in [5, 5.41) is 5.01. The van der Waals surface area contributed by atoms with E-state index in [9.17, 15) is 4.79 Å². The summed E-state index contributed by atoms with van der Waals surface area (Å²) in [5.41, 5.74) is 8.93. The third-order valence-electron chi connectivity index (χ3n) is 2.18. The van der Waals surface area contributed by atoms with Crippen molar-refractivity contribution in [3.8, 4) is 0 Å². The average Bonchev–Trinajstić information content (AvgIpc) is 2.40. The Morgan fingerprint density at radius 2 is 2.16 bits per heavy atom. The second-order valence-electron chi connectivity index (χ2n) is 3.38. The molecule has 0 spiro atoms. The molecule has 0 saturated heterocycles. The highest BCUT2D eigenvalue weighted by molar-refractivity contribution is 6.42. The highest BCUT2D eigenvalue weighted by Gasteiger charge is 2.13. The largest absolute Gasteiger partial charge is 0.279 e. The Kier molecular flexibility index (Phi) is 5.66. The third-order valence-corrected chi connectivity index (χ3v) is 2.92. The fraction of sp³-hybridized carbons (Fsp3) is 0.182. The van der Waals surface area contributed by atoms with Gasteiger partial charge in [-0.1, -0.05) is 34.4 Å². The molecule has 0 aromatic heterocycles. The van der Waals surface area contributed by atoms with Gasteiger partial charge in [0.25, 0.3) is 5.91 Å². The SMILES string of the molecule is CON(C)C(=O)/C(=C/c1ccc(Cl)c(Cl)c1)N=[N+]=[N-]. The van der Waals surface area contributed by atoms with E-state index in [4.69, 9.17) is 33.6 Å². The van der Waals surface area contributed by atoms with E-state index in [1.165, 1.54) is 20.2 Å². The number of hydrogen-bond acceptors (Lipinski definition) is 3. The molecule has 0 saturated carbocycles. The molecule has 19 heavy (non-hydrogen) atoms. The Balaban J connectivity index is 3.17. The van der Waals surface area contributed by atoms with Gasteiger partial charge in [0, 0.05) is 12.0 Å². The second-order valence-corrected chi connectivity index (χ2v) is 4.19. The van der Waals surface area contributed by atoms with E-state index in [-0.39, 0.29) is 5.70 Å². The highest BCUT2D eigenvalue weighted by atomic mass is 35.5. The number of amides is 1.